The molecule has 7 heteroatoms. The molecule has 0 spiro atoms. The molecule has 1 rings (SSSR count). The predicted molar refractivity (Wildman–Crippen MR) is 71.2 cm³/mol. The van der Waals surface area contributed by atoms with Gasteiger partial charge in [-0.15, -0.1) is 0 Å². The highest BCUT2D eigenvalue weighted by atomic mass is 16.5. The van der Waals surface area contributed by atoms with E-state index in [1.165, 1.54) is 7.11 Å². The van der Waals surface area contributed by atoms with Crippen molar-refractivity contribution in [2.75, 3.05) is 13.7 Å². The normalized spacial score (nSPS) is 23.2. The second kappa shape index (κ2) is 7.12. The molecule has 0 radical (unpaired) electrons. The molecule has 7 nitrogen and oxygen atoms in total. The first kappa shape index (κ1) is 16.3. The lowest BCUT2D eigenvalue weighted by Crippen LogP contribution is -2.49. The van der Waals surface area contributed by atoms with Crippen LogP contribution in [0.3, 0.4) is 0 Å². The van der Waals surface area contributed by atoms with Gasteiger partial charge in [0.1, 0.15) is 6.04 Å². The number of hydrogen-bond acceptors (Lipinski definition) is 4. The number of amides is 2. The van der Waals surface area contributed by atoms with E-state index in [0.717, 1.165) is 6.42 Å². The minimum absolute atomic E-state index is 0.0194. The molecule has 1 fully saturated rings. The van der Waals surface area contributed by atoms with Crippen LogP contribution < -0.4 is 5.32 Å². The number of carboxylic acids is 1. The number of carboxylic acid groups (broad SMARTS) is 1. The van der Waals surface area contributed by atoms with Crippen LogP contribution in [-0.2, 0) is 14.3 Å². The highest BCUT2D eigenvalue weighted by molar-refractivity contribution is 5.83. The van der Waals surface area contributed by atoms with E-state index in [-0.39, 0.29) is 24.9 Å². The summed E-state index contributed by atoms with van der Waals surface area (Å²) >= 11 is 0. The van der Waals surface area contributed by atoms with Crippen molar-refractivity contribution < 1.29 is 24.2 Å². The SMILES string of the molecule is COC(=O)CC[C@@H](NC(=O)N1CC(C)CC1C)C(=O)O. The van der Waals surface area contributed by atoms with Gasteiger partial charge in [-0.05, 0) is 25.7 Å². The fraction of sp³-hybridized carbons (Fsp3) is 0.769. The van der Waals surface area contributed by atoms with E-state index in [1.54, 1.807) is 4.90 Å². The maximum absolute atomic E-state index is 12.1. The van der Waals surface area contributed by atoms with Crippen LogP contribution in [-0.4, -0.2) is 53.7 Å². The van der Waals surface area contributed by atoms with Gasteiger partial charge in [0, 0.05) is 19.0 Å². The van der Waals surface area contributed by atoms with E-state index in [4.69, 9.17) is 5.11 Å². The Balaban J connectivity index is 2.55. The molecule has 114 valence electrons. The van der Waals surface area contributed by atoms with Crippen molar-refractivity contribution in [3.05, 3.63) is 0 Å². The highest BCUT2D eigenvalue weighted by Gasteiger charge is 2.32. The molecule has 1 saturated heterocycles. The van der Waals surface area contributed by atoms with Crippen LogP contribution in [0.5, 0.6) is 0 Å². The molecule has 0 saturated carbocycles. The topological polar surface area (TPSA) is 95.9 Å². The molecule has 0 aromatic rings. The monoisotopic (exact) mass is 286 g/mol. The van der Waals surface area contributed by atoms with Crippen molar-refractivity contribution in [1.82, 2.24) is 10.2 Å². The lowest BCUT2D eigenvalue weighted by molar-refractivity contribution is -0.142. The summed E-state index contributed by atoms with van der Waals surface area (Å²) in [7, 11) is 1.24. The predicted octanol–water partition coefficient (Wildman–Crippen LogP) is 0.833. The van der Waals surface area contributed by atoms with Crippen LogP contribution in [0.15, 0.2) is 0 Å². The Hall–Kier alpha value is -1.79. The Morgan fingerprint density at radius 3 is 2.50 bits per heavy atom. The van der Waals surface area contributed by atoms with Gasteiger partial charge in [0.05, 0.1) is 7.11 Å². The first-order valence-corrected chi connectivity index (χ1v) is 6.71. The van der Waals surface area contributed by atoms with Crippen molar-refractivity contribution in [1.29, 1.82) is 0 Å². The van der Waals surface area contributed by atoms with Crippen molar-refractivity contribution in [3.8, 4) is 0 Å². The van der Waals surface area contributed by atoms with E-state index < -0.39 is 18.0 Å². The van der Waals surface area contributed by atoms with Crippen LogP contribution in [0.4, 0.5) is 4.79 Å². The minimum Gasteiger partial charge on any atom is -0.480 e. The molecule has 0 aromatic carbocycles. The Bertz CT molecular complexity index is 385. The first-order valence-electron chi connectivity index (χ1n) is 6.71. The van der Waals surface area contributed by atoms with E-state index in [2.05, 4.69) is 17.0 Å². The standard InChI is InChI=1S/C13H22N2O5/c1-8-6-9(2)15(7-8)13(19)14-10(12(17)18)4-5-11(16)20-3/h8-10H,4-7H2,1-3H3,(H,14,19)(H,17,18)/t8?,9?,10-/m1/s1. The van der Waals surface area contributed by atoms with Gasteiger partial charge in [-0.2, -0.15) is 0 Å². The number of nitrogens with one attached hydrogen (secondary N) is 1. The number of rotatable bonds is 5. The number of carbonyl (C=O) groups is 3. The van der Waals surface area contributed by atoms with Gasteiger partial charge in [0.15, 0.2) is 0 Å². The second-order valence-corrected chi connectivity index (χ2v) is 5.30. The second-order valence-electron chi connectivity index (χ2n) is 5.30. The third-order valence-electron chi connectivity index (χ3n) is 3.51. The number of urea groups is 1. The molecule has 0 aliphatic carbocycles. The lowest BCUT2D eigenvalue weighted by atomic mass is 10.1. The van der Waals surface area contributed by atoms with Crippen molar-refractivity contribution in [3.63, 3.8) is 0 Å². The Morgan fingerprint density at radius 1 is 1.40 bits per heavy atom. The molecule has 1 heterocycles. The molecular formula is C13H22N2O5. The zero-order valence-electron chi connectivity index (χ0n) is 12.1. The van der Waals surface area contributed by atoms with Gasteiger partial charge in [0.25, 0.3) is 0 Å². The van der Waals surface area contributed by atoms with Gasteiger partial charge >= 0.3 is 18.0 Å². The molecule has 20 heavy (non-hydrogen) atoms. The van der Waals surface area contributed by atoms with Crippen LogP contribution in [0.25, 0.3) is 0 Å². The van der Waals surface area contributed by atoms with E-state index in [1.807, 2.05) is 6.92 Å². The van der Waals surface area contributed by atoms with E-state index >= 15 is 0 Å². The van der Waals surface area contributed by atoms with Gasteiger partial charge in [-0.1, -0.05) is 6.92 Å². The molecular weight excluding hydrogens is 264 g/mol. The largest absolute Gasteiger partial charge is 0.480 e. The quantitative estimate of drug-likeness (QED) is 0.730. The number of carbonyl (C=O) groups excluding carboxylic acids is 2. The van der Waals surface area contributed by atoms with Crippen LogP contribution in [0.2, 0.25) is 0 Å². The van der Waals surface area contributed by atoms with Gasteiger partial charge < -0.3 is 20.1 Å². The number of hydrogen-bond donors (Lipinski definition) is 2. The molecule has 3 atom stereocenters. The fourth-order valence-electron chi connectivity index (χ4n) is 2.44. The summed E-state index contributed by atoms with van der Waals surface area (Å²) in [6.07, 6.45) is 0.887. The maximum atomic E-state index is 12.1. The molecule has 1 aliphatic rings. The van der Waals surface area contributed by atoms with Crippen molar-refractivity contribution in [2.45, 2.75) is 45.2 Å². The van der Waals surface area contributed by atoms with Crippen LogP contribution in [0.1, 0.15) is 33.1 Å². The van der Waals surface area contributed by atoms with Crippen molar-refractivity contribution in [2.24, 2.45) is 5.92 Å². The third kappa shape index (κ3) is 4.40. The number of aliphatic carboxylic acids is 1. The number of ether oxygens (including phenoxy) is 1. The van der Waals surface area contributed by atoms with Gasteiger partial charge in [-0.3, -0.25) is 4.79 Å². The molecule has 0 bridgehead atoms. The van der Waals surface area contributed by atoms with Gasteiger partial charge in [0.2, 0.25) is 0 Å². The average Bonchev–Trinajstić information content (AvgIpc) is 2.72. The molecule has 2 N–H and O–H groups in total. The summed E-state index contributed by atoms with van der Waals surface area (Å²) < 4.78 is 4.46. The molecule has 2 unspecified atom stereocenters. The highest BCUT2D eigenvalue weighted by Crippen LogP contribution is 2.22. The van der Waals surface area contributed by atoms with Gasteiger partial charge in [-0.25, -0.2) is 9.59 Å². The third-order valence-corrected chi connectivity index (χ3v) is 3.51. The number of likely N-dealkylation sites (tertiary alicyclic amines) is 1. The smallest absolute Gasteiger partial charge is 0.326 e. The Labute approximate surface area is 118 Å². The minimum atomic E-state index is -1.15. The summed E-state index contributed by atoms with van der Waals surface area (Å²) in [6.45, 7) is 4.61. The number of methoxy groups -OCH3 is 1. The van der Waals surface area contributed by atoms with Crippen LogP contribution in [0, 0.1) is 5.92 Å². The lowest BCUT2D eigenvalue weighted by Gasteiger charge is -2.24. The fourth-order valence-corrected chi connectivity index (χ4v) is 2.44. The average molecular weight is 286 g/mol. The van der Waals surface area contributed by atoms with E-state index in [9.17, 15) is 14.4 Å². The summed E-state index contributed by atoms with van der Waals surface area (Å²) in [4.78, 5) is 35.9. The Kier molecular flexibility index (Phi) is 5.79. The van der Waals surface area contributed by atoms with Crippen LogP contribution >= 0.6 is 0 Å². The molecule has 1 aliphatic heterocycles. The van der Waals surface area contributed by atoms with Crippen molar-refractivity contribution >= 4 is 18.0 Å². The number of nitrogens with zero attached hydrogens (tertiary/aromatic N) is 1. The number of esters is 1. The summed E-state index contributed by atoms with van der Waals surface area (Å²) in [5.74, 6) is -1.23. The first-order chi connectivity index (χ1) is 9.35. The molecule has 2 amide bonds. The Morgan fingerprint density at radius 2 is 2.05 bits per heavy atom. The van der Waals surface area contributed by atoms with E-state index in [0.29, 0.717) is 12.5 Å². The summed E-state index contributed by atoms with van der Waals surface area (Å²) in [5.41, 5.74) is 0. The zero-order valence-corrected chi connectivity index (χ0v) is 12.1. The molecule has 0 aromatic heterocycles. The summed E-state index contributed by atoms with van der Waals surface area (Å²) in [6, 6.07) is -1.37. The maximum Gasteiger partial charge on any atom is 0.326 e. The summed E-state index contributed by atoms with van der Waals surface area (Å²) in [5, 5.41) is 11.6. The zero-order chi connectivity index (χ0) is 15.3.